The van der Waals surface area contributed by atoms with E-state index in [-0.39, 0.29) is 28.9 Å². The summed E-state index contributed by atoms with van der Waals surface area (Å²) in [6.07, 6.45) is 0.0853. The zero-order valence-corrected chi connectivity index (χ0v) is 13.0. The summed E-state index contributed by atoms with van der Waals surface area (Å²) < 4.78 is 40.0. The van der Waals surface area contributed by atoms with Gasteiger partial charge in [-0.3, -0.25) is 4.79 Å². The highest BCUT2D eigenvalue weighted by Crippen LogP contribution is 2.23. The van der Waals surface area contributed by atoms with Gasteiger partial charge in [0.2, 0.25) is 15.9 Å². The van der Waals surface area contributed by atoms with Crippen molar-refractivity contribution in [2.24, 2.45) is 0 Å². The van der Waals surface area contributed by atoms with Crippen molar-refractivity contribution in [1.82, 2.24) is 4.72 Å². The third-order valence-electron chi connectivity index (χ3n) is 3.35. The first-order valence-electron chi connectivity index (χ1n) is 6.57. The summed E-state index contributed by atoms with van der Waals surface area (Å²) in [6, 6.07) is 8.22. The molecule has 1 aromatic carbocycles. The largest absolute Gasteiger partial charge is 0.311 e. The summed E-state index contributed by atoms with van der Waals surface area (Å²) in [4.78, 5) is 13.5. The second kappa shape index (κ2) is 5.79. The molecule has 1 fully saturated rings. The summed E-state index contributed by atoms with van der Waals surface area (Å²) in [6.45, 7) is 0.231. The van der Waals surface area contributed by atoms with Crippen LogP contribution in [0, 0.1) is 5.82 Å². The Balaban J connectivity index is 1.74. The van der Waals surface area contributed by atoms with Gasteiger partial charge in [0.1, 0.15) is 10.0 Å². The lowest BCUT2D eigenvalue weighted by Gasteiger charge is -2.17. The maximum Gasteiger partial charge on any atom is 0.250 e. The van der Waals surface area contributed by atoms with Gasteiger partial charge in [0, 0.05) is 24.7 Å². The van der Waals surface area contributed by atoms with Gasteiger partial charge in [0.15, 0.2) is 0 Å². The van der Waals surface area contributed by atoms with Crippen molar-refractivity contribution in [3.8, 4) is 0 Å². The van der Waals surface area contributed by atoms with Crippen molar-refractivity contribution in [2.75, 3.05) is 11.4 Å². The standard InChI is InChI=1S/C14H13FN2O3S2/c15-10-3-5-12(6-4-10)17-9-11(8-13(17)18)16-22(19,20)14-2-1-7-21-14/h1-7,11,16H,8-9H2/t11-/m1/s1. The summed E-state index contributed by atoms with van der Waals surface area (Å²) in [5, 5.41) is 1.68. The lowest BCUT2D eigenvalue weighted by atomic mass is 10.3. The maximum absolute atomic E-state index is 12.9. The number of benzene rings is 1. The van der Waals surface area contributed by atoms with E-state index in [2.05, 4.69) is 4.72 Å². The second-order valence-electron chi connectivity index (χ2n) is 4.94. The molecule has 116 valence electrons. The number of nitrogens with one attached hydrogen (secondary N) is 1. The Morgan fingerprint density at radius 1 is 1.23 bits per heavy atom. The van der Waals surface area contributed by atoms with Crippen molar-refractivity contribution < 1.29 is 17.6 Å². The summed E-state index contributed by atoms with van der Waals surface area (Å²) >= 11 is 1.12. The number of halogens is 1. The van der Waals surface area contributed by atoms with Crippen molar-refractivity contribution in [3.05, 3.63) is 47.6 Å². The third kappa shape index (κ3) is 3.03. The van der Waals surface area contributed by atoms with Crippen LogP contribution in [-0.2, 0) is 14.8 Å². The van der Waals surface area contributed by atoms with Crippen molar-refractivity contribution in [2.45, 2.75) is 16.7 Å². The summed E-state index contributed by atoms with van der Waals surface area (Å²) in [5.74, 6) is -0.573. The second-order valence-corrected chi connectivity index (χ2v) is 7.82. The molecule has 0 radical (unpaired) electrons. The van der Waals surface area contributed by atoms with Gasteiger partial charge < -0.3 is 4.90 Å². The summed E-state index contributed by atoms with van der Waals surface area (Å²) in [5.41, 5.74) is 0.559. The van der Waals surface area contributed by atoms with Gasteiger partial charge in [-0.2, -0.15) is 0 Å². The van der Waals surface area contributed by atoms with Gasteiger partial charge in [-0.1, -0.05) is 6.07 Å². The van der Waals surface area contributed by atoms with E-state index in [9.17, 15) is 17.6 Å². The van der Waals surface area contributed by atoms with Gasteiger partial charge in [0.25, 0.3) is 0 Å². The molecule has 2 aromatic rings. The first-order valence-corrected chi connectivity index (χ1v) is 8.94. The molecular formula is C14H13FN2O3S2. The molecule has 1 aliphatic heterocycles. The quantitative estimate of drug-likeness (QED) is 0.925. The highest BCUT2D eigenvalue weighted by atomic mass is 32.2. The molecule has 8 heteroatoms. The molecular weight excluding hydrogens is 327 g/mol. The van der Waals surface area contributed by atoms with Crippen LogP contribution in [0.3, 0.4) is 0 Å². The van der Waals surface area contributed by atoms with E-state index in [1.165, 1.54) is 35.2 Å². The van der Waals surface area contributed by atoms with Crippen LogP contribution in [0.2, 0.25) is 0 Å². The van der Waals surface area contributed by atoms with E-state index in [4.69, 9.17) is 0 Å². The Morgan fingerprint density at radius 3 is 2.59 bits per heavy atom. The van der Waals surface area contributed by atoms with Crippen LogP contribution in [-0.4, -0.2) is 26.9 Å². The number of hydrogen-bond acceptors (Lipinski definition) is 4. The van der Waals surface area contributed by atoms with E-state index < -0.39 is 16.1 Å². The number of carbonyl (C=O) groups is 1. The number of anilines is 1. The molecule has 1 atom stereocenters. The molecule has 1 aliphatic rings. The number of thiophene rings is 1. The Bertz CT molecular complexity index is 773. The monoisotopic (exact) mass is 340 g/mol. The van der Waals surface area contributed by atoms with Gasteiger partial charge in [-0.15, -0.1) is 11.3 Å². The van der Waals surface area contributed by atoms with Crippen LogP contribution in [0.4, 0.5) is 10.1 Å². The molecule has 0 spiro atoms. The number of carbonyl (C=O) groups excluding carboxylic acids is 1. The molecule has 22 heavy (non-hydrogen) atoms. The fourth-order valence-corrected chi connectivity index (χ4v) is 4.59. The number of amides is 1. The predicted molar refractivity (Wildman–Crippen MR) is 81.8 cm³/mol. The Kier molecular flexibility index (Phi) is 3.98. The van der Waals surface area contributed by atoms with E-state index in [1.54, 1.807) is 11.4 Å². The number of rotatable bonds is 4. The average Bonchev–Trinajstić information content (AvgIpc) is 3.10. The van der Waals surface area contributed by atoms with Crippen molar-refractivity contribution >= 4 is 33.0 Å². The van der Waals surface area contributed by atoms with E-state index >= 15 is 0 Å². The van der Waals surface area contributed by atoms with E-state index in [1.807, 2.05) is 0 Å². The number of nitrogens with zero attached hydrogens (tertiary/aromatic N) is 1. The molecule has 3 rings (SSSR count). The molecule has 1 amide bonds. The lowest BCUT2D eigenvalue weighted by Crippen LogP contribution is -2.36. The van der Waals surface area contributed by atoms with Crippen LogP contribution < -0.4 is 9.62 Å². The number of sulfonamides is 1. The first kappa shape index (κ1) is 15.1. The van der Waals surface area contributed by atoms with Gasteiger partial charge in [-0.25, -0.2) is 17.5 Å². The van der Waals surface area contributed by atoms with E-state index in [0.29, 0.717) is 5.69 Å². The van der Waals surface area contributed by atoms with Crippen LogP contribution in [0.5, 0.6) is 0 Å². The van der Waals surface area contributed by atoms with Crippen LogP contribution in [0.1, 0.15) is 6.42 Å². The average molecular weight is 340 g/mol. The molecule has 1 aromatic heterocycles. The van der Waals surface area contributed by atoms with E-state index in [0.717, 1.165) is 11.3 Å². The first-order chi connectivity index (χ1) is 10.5. The zero-order chi connectivity index (χ0) is 15.7. The molecule has 0 aliphatic carbocycles. The maximum atomic E-state index is 12.9. The smallest absolute Gasteiger partial charge is 0.250 e. The molecule has 0 bridgehead atoms. The Morgan fingerprint density at radius 2 is 1.95 bits per heavy atom. The minimum atomic E-state index is -3.61. The predicted octanol–water partition coefficient (Wildman–Crippen LogP) is 1.97. The Hall–Kier alpha value is -1.77. The number of hydrogen-bond donors (Lipinski definition) is 1. The molecule has 1 N–H and O–H groups in total. The fraction of sp³-hybridized carbons (Fsp3) is 0.214. The van der Waals surface area contributed by atoms with Crippen LogP contribution in [0.15, 0.2) is 46.0 Å². The van der Waals surface area contributed by atoms with Gasteiger partial charge in [-0.05, 0) is 35.7 Å². The molecule has 0 saturated carbocycles. The zero-order valence-electron chi connectivity index (χ0n) is 11.4. The normalized spacial score (nSPS) is 18.9. The fourth-order valence-electron chi connectivity index (χ4n) is 2.35. The van der Waals surface area contributed by atoms with Crippen molar-refractivity contribution in [1.29, 1.82) is 0 Å². The topological polar surface area (TPSA) is 66.5 Å². The minimum Gasteiger partial charge on any atom is -0.311 e. The van der Waals surface area contributed by atoms with Crippen molar-refractivity contribution in [3.63, 3.8) is 0 Å². The van der Waals surface area contributed by atoms with Gasteiger partial charge in [0.05, 0.1) is 0 Å². The van der Waals surface area contributed by atoms with Crippen LogP contribution >= 0.6 is 11.3 Å². The third-order valence-corrected chi connectivity index (χ3v) is 6.26. The summed E-state index contributed by atoms with van der Waals surface area (Å²) in [7, 11) is -3.61. The molecule has 2 heterocycles. The molecule has 0 unspecified atom stereocenters. The molecule has 1 saturated heterocycles. The molecule has 5 nitrogen and oxygen atoms in total. The van der Waals surface area contributed by atoms with Gasteiger partial charge >= 0.3 is 0 Å². The van der Waals surface area contributed by atoms with Crippen LogP contribution in [0.25, 0.3) is 0 Å². The minimum absolute atomic E-state index is 0.0853. The highest BCUT2D eigenvalue weighted by molar-refractivity contribution is 7.91. The lowest BCUT2D eigenvalue weighted by molar-refractivity contribution is -0.117. The highest BCUT2D eigenvalue weighted by Gasteiger charge is 2.33. The SMILES string of the molecule is O=C1C[C@@H](NS(=O)(=O)c2cccs2)CN1c1ccc(F)cc1. The Labute approximate surface area is 131 Å².